The fourth-order valence-electron chi connectivity index (χ4n) is 3.09. The van der Waals surface area contributed by atoms with E-state index in [0.717, 1.165) is 44.3 Å². The molecule has 3 nitrogen and oxygen atoms in total. The monoisotopic (exact) mass is 306 g/mol. The Morgan fingerprint density at radius 1 is 1.36 bits per heavy atom. The molecule has 0 aromatic heterocycles. The molecule has 1 saturated heterocycles. The van der Waals surface area contributed by atoms with Crippen LogP contribution in [0.3, 0.4) is 0 Å². The first-order valence-electron chi connectivity index (χ1n) is 8.36. The number of piperidine rings is 1. The summed E-state index contributed by atoms with van der Waals surface area (Å²) in [6.07, 6.45) is 3.83. The van der Waals surface area contributed by atoms with Crippen molar-refractivity contribution >= 4 is 5.91 Å². The van der Waals surface area contributed by atoms with Crippen LogP contribution in [0.5, 0.6) is 0 Å². The van der Waals surface area contributed by atoms with Crippen LogP contribution in [0.4, 0.5) is 4.39 Å². The maximum absolute atomic E-state index is 13.7. The number of benzene rings is 1. The molecule has 1 atom stereocenters. The van der Waals surface area contributed by atoms with Crippen LogP contribution < -0.4 is 5.32 Å². The van der Waals surface area contributed by atoms with Gasteiger partial charge in [-0.1, -0.05) is 31.5 Å². The highest BCUT2D eigenvalue weighted by Crippen LogP contribution is 2.20. The molecule has 1 aliphatic rings. The Kier molecular flexibility index (Phi) is 6.37. The van der Waals surface area contributed by atoms with E-state index in [-0.39, 0.29) is 23.7 Å². The zero-order valence-corrected chi connectivity index (χ0v) is 13.6. The summed E-state index contributed by atoms with van der Waals surface area (Å²) >= 11 is 0. The van der Waals surface area contributed by atoms with E-state index in [0.29, 0.717) is 6.54 Å². The number of halogens is 1. The molecule has 22 heavy (non-hydrogen) atoms. The Hall–Kier alpha value is -1.42. The average Bonchev–Trinajstić information content (AvgIpc) is 2.50. The van der Waals surface area contributed by atoms with Gasteiger partial charge in [-0.15, -0.1) is 0 Å². The van der Waals surface area contributed by atoms with Gasteiger partial charge in [-0.3, -0.25) is 9.69 Å². The van der Waals surface area contributed by atoms with E-state index in [1.165, 1.54) is 6.07 Å². The summed E-state index contributed by atoms with van der Waals surface area (Å²) in [4.78, 5) is 14.4. The lowest BCUT2D eigenvalue weighted by molar-refractivity contribution is -0.127. The largest absolute Gasteiger partial charge is 0.353 e. The molecule has 2 rings (SSSR count). The Labute approximate surface area is 132 Å². The lowest BCUT2D eigenvalue weighted by Gasteiger charge is -2.32. The van der Waals surface area contributed by atoms with Crippen LogP contribution in [0.2, 0.25) is 0 Å². The van der Waals surface area contributed by atoms with Crippen LogP contribution in [0.25, 0.3) is 0 Å². The van der Waals surface area contributed by atoms with E-state index in [4.69, 9.17) is 0 Å². The number of hydrogen-bond acceptors (Lipinski definition) is 2. The Balaban J connectivity index is 1.78. The van der Waals surface area contributed by atoms with Crippen molar-refractivity contribution in [3.05, 3.63) is 35.6 Å². The van der Waals surface area contributed by atoms with E-state index in [1.807, 2.05) is 12.1 Å². The van der Waals surface area contributed by atoms with Crippen molar-refractivity contribution in [1.29, 1.82) is 0 Å². The predicted octanol–water partition coefficient (Wildman–Crippen LogP) is 3.34. The van der Waals surface area contributed by atoms with Gasteiger partial charge in [0.05, 0.1) is 0 Å². The Morgan fingerprint density at radius 2 is 2.05 bits per heavy atom. The summed E-state index contributed by atoms with van der Waals surface area (Å²) in [7, 11) is 0. The van der Waals surface area contributed by atoms with Crippen LogP contribution in [0.1, 0.15) is 45.1 Å². The SMILES string of the molecule is CCC[C@H](C)NC(=O)C1CCN(Cc2ccccc2F)CC1. The molecule has 1 aromatic carbocycles. The van der Waals surface area contributed by atoms with E-state index < -0.39 is 0 Å². The minimum atomic E-state index is -0.143. The highest BCUT2D eigenvalue weighted by molar-refractivity contribution is 5.79. The molecule has 0 bridgehead atoms. The zero-order valence-electron chi connectivity index (χ0n) is 13.6. The third-order valence-electron chi connectivity index (χ3n) is 4.42. The number of hydrogen-bond donors (Lipinski definition) is 1. The van der Waals surface area contributed by atoms with Crippen molar-refractivity contribution < 1.29 is 9.18 Å². The van der Waals surface area contributed by atoms with Crippen molar-refractivity contribution in [2.45, 2.75) is 52.1 Å². The van der Waals surface area contributed by atoms with Gasteiger partial charge in [-0.25, -0.2) is 4.39 Å². The van der Waals surface area contributed by atoms with E-state index in [2.05, 4.69) is 24.1 Å². The second kappa shape index (κ2) is 8.28. The lowest BCUT2D eigenvalue weighted by Crippen LogP contribution is -2.42. The number of amides is 1. The smallest absolute Gasteiger partial charge is 0.223 e. The average molecular weight is 306 g/mol. The van der Waals surface area contributed by atoms with Crippen molar-refractivity contribution in [1.82, 2.24) is 10.2 Å². The number of likely N-dealkylation sites (tertiary alicyclic amines) is 1. The van der Waals surface area contributed by atoms with Gasteiger partial charge in [0, 0.05) is 24.1 Å². The standard InChI is InChI=1S/C18H27FN2O/c1-3-6-14(2)20-18(22)15-9-11-21(12-10-15)13-16-7-4-5-8-17(16)19/h4-5,7-8,14-15H,3,6,9-13H2,1-2H3,(H,20,22)/t14-/m0/s1. The number of rotatable bonds is 6. The van der Waals surface area contributed by atoms with E-state index in [9.17, 15) is 9.18 Å². The molecular weight excluding hydrogens is 279 g/mol. The Bertz CT molecular complexity index is 484. The molecule has 0 spiro atoms. The summed E-state index contributed by atoms with van der Waals surface area (Å²) < 4.78 is 13.7. The lowest BCUT2D eigenvalue weighted by atomic mass is 9.95. The van der Waals surface area contributed by atoms with Crippen molar-refractivity contribution in [2.75, 3.05) is 13.1 Å². The van der Waals surface area contributed by atoms with Crippen LogP contribution in [-0.4, -0.2) is 29.9 Å². The molecule has 122 valence electrons. The van der Waals surface area contributed by atoms with Gasteiger partial charge in [0.25, 0.3) is 0 Å². The van der Waals surface area contributed by atoms with Crippen molar-refractivity contribution in [2.24, 2.45) is 5.92 Å². The van der Waals surface area contributed by atoms with Crippen LogP contribution in [0.15, 0.2) is 24.3 Å². The fraction of sp³-hybridized carbons (Fsp3) is 0.611. The maximum atomic E-state index is 13.7. The molecule has 1 heterocycles. The molecule has 0 radical (unpaired) electrons. The molecule has 0 unspecified atom stereocenters. The molecule has 1 amide bonds. The molecule has 1 N–H and O–H groups in total. The van der Waals surface area contributed by atoms with Crippen LogP contribution >= 0.6 is 0 Å². The van der Waals surface area contributed by atoms with Gasteiger partial charge < -0.3 is 5.32 Å². The highest BCUT2D eigenvalue weighted by Gasteiger charge is 2.25. The number of carbonyl (C=O) groups excluding carboxylic acids is 1. The molecule has 0 aliphatic carbocycles. The zero-order chi connectivity index (χ0) is 15.9. The third kappa shape index (κ3) is 4.80. The molecule has 1 aromatic rings. The first-order chi connectivity index (χ1) is 10.6. The second-order valence-electron chi connectivity index (χ2n) is 6.34. The summed E-state index contributed by atoms with van der Waals surface area (Å²) in [6, 6.07) is 7.18. The van der Waals surface area contributed by atoms with Crippen molar-refractivity contribution in [3.8, 4) is 0 Å². The van der Waals surface area contributed by atoms with Crippen LogP contribution in [-0.2, 0) is 11.3 Å². The van der Waals surface area contributed by atoms with Gasteiger partial charge in [0.1, 0.15) is 5.82 Å². The molecular formula is C18H27FN2O. The molecule has 0 saturated carbocycles. The van der Waals surface area contributed by atoms with Crippen molar-refractivity contribution in [3.63, 3.8) is 0 Å². The van der Waals surface area contributed by atoms with Gasteiger partial charge in [-0.2, -0.15) is 0 Å². The summed E-state index contributed by atoms with van der Waals surface area (Å²) in [5, 5.41) is 3.11. The fourth-order valence-corrected chi connectivity index (χ4v) is 3.09. The number of nitrogens with zero attached hydrogens (tertiary/aromatic N) is 1. The maximum Gasteiger partial charge on any atom is 0.223 e. The van der Waals surface area contributed by atoms with Gasteiger partial charge >= 0.3 is 0 Å². The predicted molar refractivity (Wildman–Crippen MR) is 86.9 cm³/mol. The second-order valence-corrected chi connectivity index (χ2v) is 6.34. The minimum Gasteiger partial charge on any atom is -0.353 e. The van der Waals surface area contributed by atoms with E-state index in [1.54, 1.807) is 6.07 Å². The van der Waals surface area contributed by atoms with Gasteiger partial charge in [-0.05, 0) is 45.3 Å². The van der Waals surface area contributed by atoms with Gasteiger partial charge in [0.2, 0.25) is 5.91 Å². The quantitative estimate of drug-likeness (QED) is 0.874. The highest BCUT2D eigenvalue weighted by atomic mass is 19.1. The molecule has 4 heteroatoms. The first-order valence-corrected chi connectivity index (χ1v) is 8.36. The minimum absolute atomic E-state index is 0.108. The van der Waals surface area contributed by atoms with Gasteiger partial charge in [0.15, 0.2) is 0 Å². The number of carbonyl (C=O) groups is 1. The number of nitrogens with one attached hydrogen (secondary N) is 1. The summed E-state index contributed by atoms with van der Waals surface area (Å²) in [6.45, 7) is 6.54. The third-order valence-corrected chi connectivity index (χ3v) is 4.42. The Morgan fingerprint density at radius 3 is 2.68 bits per heavy atom. The molecule has 1 fully saturated rings. The van der Waals surface area contributed by atoms with E-state index >= 15 is 0 Å². The van der Waals surface area contributed by atoms with Crippen LogP contribution in [0, 0.1) is 11.7 Å². The summed E-state index contributed by atoms with van der Waals surface area (Å²) in [5.74, 6) is 0.151. The normalized spacial score (nSPS) is 18.1. The topological polar surface area (TPSA) is 32.3 Å². The molecule has 1 aliphatic heterocycles. The first kappa shape index (κ1) is 16.9. The summed E-state index contributed by atoms with van der Waals surface area (Å²) in [5.41, 5.74) is 0.738.